The van der Waals surface area contributed by atoms with Gasteiger partial charge in [-0.1, -0.05) is 12.1 Å². The van der Waals surface area contributed by atoms with Crippen molar-refractivity contribution >= 4 is 5.69 Å². The first-order valence-electron chi connectivity index (χ1n) is 8.62. The highest BCUT2D eigenvalue weighted by Crippen LogP contribution is 2.37. The lowest BCUT2D eigenvalue weighted by Crippen LogP contribution is -1.94. The van der Waals surface area contributed by atoms with E-state index in [1.54, 1.807) is 19.1 Å². The first-order valence-corrected chi connectivity index (χ1v) is 8.62. The van der Waals surface area contributed by atoms with Crippen LogP contribution in [0.2, 0.25) is 0 Å². The standard InChI is InChI=1S/C22H21NO4/c1-14-5-10-21(26-19-8-9-20(23(24)25)17(4)13-19)22(11-14)27-18-7-6-15(2)16(3)12-18/h5-13H,1-4H3. The average Bonchev–Trinajstić information content (AvgIpc) is 2.60. The SMILES string of the molecule is Cc1ccc(Oc2ccc([N+](=O)[O-])c(C)c2)c(Oc2ccc(C)c(C)c2)c1. The molecule has 0 amide bonds. The second kappa shape index (κ2) is 7.50. The largest absolute Gasteiger partial charge is 0.453 e. The van der Waals surface area contributed by atoms with E-state index in [1.165, 1.54) is 11.6 Å². The number of rotatable bonds is 5. The number of hydrogen-bond donors (Lipinski definition) is 0. The van der Waals surface area contributed by atoms with Crippen LogP contribution in [-0.2, 0) is 0 Å². The number of nitro benzene ring substituents is 1. The van der Waals surface area contributed by atoms with Crippen LogP contribution in [0.3, 0.4) is 0 Å². The number of benzene rings is 3. The Morgan fingerprint density at radius 3 is 1.96 bits per heavy atom. The van der Waals surface area contributed by atoms with Crippen molar-refractivity contribution in [2.75, 3.05) is 0 Å². The minimum absolute atomic E-state index is 0.0675. The van der Waals surface area contributed by atoms with Gasteiger partial charge in [0, 0.05) is 11.6 Å². The van der Waals surface area contributed by atoms with Crippen LogP contribution in [0, 0.1) is 37.8 Å². The quantitative estimate of drug-likeness (QED) is 0.388. The van der Waals surface area contributed by atoms with Gasteiger partial charge in [0.1, 0.15) is 11.5 Å². The number of nitrogens with zero attached hydrogens (tertiary/aromatic N) is 1. The summed E-state index contributed by atoms with van der Waals surface area (Å²) in [7, 11) is 0. The molecule has 0 saturated carbocycles. The summed E-state index contributed by atoms with van der Waals surface area (Å²) in [6.45, 7) is 7.76. The van der Waals surface area contributed by atoms with Crippen LogP contribution in [0.15, 0.2) is 54.6 Å². The molecule has 0 aliphatic heterocycles. The lowest BCUT2D eigenvalue weighted by Gasteiger charge is -2.14. The van der Waals surface area contributed by atoms with E-state index >= 15 is 0 Å². The van der Waals surface area contributed by atoms with Gasteiger partial charge in [-0.3, -0.25) is 10.1 Å². The van der Waals surface area contributed by atoms with Crippen molar-refractivity contribution < 1.29 is 14.4 Å². The Morgan fingerprint density at radius 2 is 1.33 bits per heavy atom. The molecule has 0 bridgehead atoms. The van der Waals surface area contributed by atoms with E-state index in [1.807, 2.05) is 50.2 Å². The predicted molar refractivity (Wildman–Crippen MR) is 105 cm³/mol. The molecule has 0 unspecified atom stereocenters. The van der Waals surface area contributed by atoms with Crippen molar-refractivity contribution in [1.82, 2.24) is 0 Å². The fourth-order valence-corrected chi connectivity index (χ4v) is 2.71. The van der Waals surface area contributed by atoms with Crippen LogP contribution in [0.5, 0.6) is 23.0 Å². The monoisotopic (exact) mass is 363 g/mol. The fraction of sp³-hybridized carbons (Fsp3) is 0.182. The molecule has 0 atom stereocenters. The van der Waals surface area contributed by atoms with Gasteiger partial charge < -0.3 is 9.47 Å². The second-order valence-electron chi connectivity index (χ2n) is 6.61. The van der Waals surface area contributed by atoms with Crippen molar-refractivity contribution in [3.05, 3.63) is 87.0 Å². The van der Waals surface area contributed by atoms with Crippen LogP contribution in [-0.4, -0.2) is 4.92 Å². The molecule has 0 aliphatic rings. The van der Waals surface area contributed by atoms with Crippen molar-refractivity contribution in [2.24, 2.45) is 0 Å². The van der Waals surface area contributed by atoms with E-state index in [0.717, 1.165) is 16.9 Å². The summed E-state index contributed by atoms with van der Waals surface area (Å²) in [4.78, 5) is 10.6. The van der Waals surface area contributed by atoms with Crippen molar-refractivity contribution in [2.45, 2.75) is 27.7 Å². The van der Waals surface area contributed by atoms with E-state index in [-0.39, 0.29) is 5.69 Å². The lowest BCUT2D eigenvalue weighted by molar-refractivity contribution is -0.385. The van der Waals surface area contributed by atoms with E-state index in [2.05, 4.69) is 6.92 Å². The summed E-state index contributed by atoms with van der Waals surface area (Å²) in [5.74, 6) is 2.39. The van der Waals surface area contributed by atoms with Gasteiger partial charge in [0.25, 0.3) is 5.69 Å². The molecule has 0 spiro atoms. The molecule has 0 aromatic heterocycles. The van der Waals surface area contributed by atoms with E-state index in [4.69, 9.17) is 9.47 Å². The fourth-order valence-electron chi connectivity index (χ4n) is 2.71. The number of ether oxygens (including phenoxy) is 2. The van der Waals surface area contributed by atoms with Crippen LogP contribution in [0.1, 0.15) is 22.3 Å². The molecule has 3 aromatic carbocycles. The molecule has 3 aromatic rings. The highest BCUT2D eigenvalue weighted by Gasteiger charge is 2.13. The Morgan fingerprint density at radius 1 is 0.704 bits per heavy atom. The molecule has 0 radical (unpaired) electrons. The third kappa shape index (κ3) is 4.26. The summed E-state index contributed by atoms with van der Waals surface area (Å²) in [5, 5.41) is 11.0. The molecule has 5 heteroatoms. The summed E-state index contributed by atoms with van der Waals surface area (Å²) < 4.78 is 12.0. The smallest absolute Gasteiger partial charge is 0.272 e. The Labute approximate surface area is 158 Å². The average molecular weight is 363 g/mol. The molecule has 0 aliphatic carbocycles. The van der Waals surface area contributed by atoms with Crippen molar-refractivity contribution in [3.8, 4) is 23.0 Å². The number of hydrogen-bond acceptors (Lipinski definition) is 4. The third-order valence-electron chi connectivity index (χ3n) is 4.40. The summed E-state index contributed by atoms with van der Waals surface area (Å²) in [5.41, 5.74) is 4.00. The van der Waals surface area contributed by atoms with Gasteiger partial charge in [-0.15, -0.1) is 0 Å². The molecule has 0 fully saturated rings. The zero-order valence-electron chi connectivity index (χ0n) is 15.8. The van der Waals surface area contributed by atoms with Gasteiger partial charge >= 0.3 is 0 Å². The Hall–Kier alpha value is -3.34. The predicted octanol–water partition coefficient (Wildman–Crippen LogP) is 6.41. The maximum Gasteiger partial charge on any atom is 0.272 e. The minimum atomic E-state index is -0.404. The van der Waals surface area contributed by atoms with E-state index in [9.17, 15) is 10.1 Å². The van der Waals surface area contributed by atoms with E-state index < -0.39 is 4.92 Å². The topological polar surface area (TPSA) is 61.6 Å². The van der Waals surface area contributed by atoms with Gasteiger partial charge in [-0.25, -0.2) is 0 Å². The van der Waals surface area contributed by atoms with Gasteiger partial charge in [0.2, 0.25) is 0 Å². The van der Waals surface area contributed by atoms with E-state index in [0.29, 0.717) is 22.8 Å². The van der Waals surface area contributed by atoms with Crippen LogP contribution >= 0.6 is 0 Å². The molecule has 27 heavy (non-hydrogen) atoms. The first-order chi connectivity index (χ1) is 12.8. The van der Waals surface area contributed by atoms with Crippen molar-refractivity contribution in [3.63, 3.8) is 0 Å². The molecule has 3 rings (SSSR count). The lowest BCUT2D eigenvalue weighted by atomic mass is 10.1. The molecule has 138 valence electrons. The maximum absolute atomic E-state index is 11.0. The van der Waals surface area contributed by atoms with Crippen LogP contribution < -0.4 is 9.47 Å². The summed E-state index contributed by atoms with van der Waals surface area (Å²) in [6.07, 6.45) is 0. The maximum atomic E-state index is 11.0. The molecule has 0 heterocycles. The number of aryl methyl sites for hydroxylation is 4. The van der Waals surface area contributed by atoms with Gasteiger partial charge in [0.15, 0.2) is 11.5 Å². The molecule has 5 nitrogen and oxygen atoms in total. The molecule has 0 saturated heterocycles. The zero-order valence-corrected chi connectivity index (χ0v) is 15.8. The third-order valence-corrected chi connectivity index (χ3v) is 4.40. The first kappa shape index (κ1) is 18.5. The van der Waals surface area contributed by atoms with Gasteiger partial charge in [-0.05, 0) is 80.8 Å². The van der Waals surface area contributed by atoms with Gasteiger partial charge in [0.05, 0.1) is 4.92 Å². The van der Waals surface area contributed by atoms with Gasteiger partial charge in [-0.2, -0.15) is 0 Å². The minimum Gasteiger partial charge on any atom is -0.453 e. The molecular formula is C22H21NO4. The van der Waals surface area contributed by atoms with Crippen LogP contribution in [0.4, 0.5) is 5.69 Å². The zero-order chi connectivity index (χ0) is 19.6. The second-order valence-corrected chi connectivity index (χ2v) is 6.61. The molecule has 0 N–H and O–H groups in total. The summed E-state index contributed by atoms with van der Waals surface area (Å²) >= 11 is 0. The molecular weight excluding hydrogens is 342 g/mol. The summed E-state index contributed by atoms with van der Waals surface area (Å²) in [6, 6.07) is 16.3. The van der Waals surface area contributed by atoms with Crippen molar-refractivity contribution in [1.29, 1.82) is 0 Å². The Kier molecular flexibility index (Phi) is 5.12. The highest BCUT2D eigenvalue weighted by atomic mass is 16.6. The van der Waals surface area contributed by atoms with Crippen LogP contribution in [0.25, 0.3) is 0 Å². The number of nitro groups is 1. The Balaban J connectivity index is 1.91. The normalized spacial score (nSPS) is 10.5. The highest BCUT2D eigenvalue weighted by molar-refractivity contribution is 5.50. The Bertz CT molecular complexity index is 1010.